The molecule has 3 aromatic rings. The molecule has 0 spiro atoms. The first kappa shape index (κ1) is 36.3. The number of aromatic nitrogens is 2. The number of Topliss-reactive ketones (excluding diaryl/α,β-unsaturated/α-hetero) is 1. The number of fused-ring (bicyclic) bond motifs is 5. The van der Waals surface area contributed by atoms with Crippen LogP contribution in [0.5, 0.6) is 0 Å². The van der Waals surface area contributed by atoms with E-state index in [2.05, 4.69) is 22.3 Å². The van der Waals surface area contributed by atoms with Crippen molar-refractivity contribution >= 4 is 41.0 Å². The lowest BCUT2D eigenvalue weighted by atomic mass is 9.75. The maximum atomic E-state index is 15.3. The summed E-state index contributed by atoms with van der Waals surface area (Å²) in [5, 5.41) is 16.2. The number of halogens is 1. The number of ether oxygens (including phenoxy) is 1. The molecule has 1 unspecified atom stereocenters. The van der Waals surface area contributed by atoms with E-state index in [0.29, 0.717) is 78.1 Å². The Hall–Kier alpha value is -5.10. The highest BCUT2D eigenvalue weighted by atomic mass is 19.1. The molecule has 4 heterocycles. The van der Waals surface area contributed by atoms with Gasteiger partial charge in [0.2, 0.25) is 5.91 Å². The largest absolute Gasteiger partial charge is 0.460 e. The summed E-state index contributed by atoms with van der Waals surface area (Å²) in [6, 6.07) is 3.29. The Morgan fingerprint density at radius 1 is 1.17 bits per heavy atom. The molecule has 3 atom stereocenters. The second-order valence-electron chi connectivity index (χ2n) is 14.5. The summed E-state index contributed by atoms with van der Waals surface area (Å²) >= 11 is 0. The van der Waals surface area contributed by atoms with Crippen molar-refractivity contribution in [2.75, 3.05) is 13.2 Å². The summed E-state index contributed by atoms with van der Waals surface area (Å²) in [7, 11) is 0. The molecule has 2 aliphatic heterocycles. The number of aliphatic imine (C=N–C) groups is 1. The number of amides is 1. The average Bonchev–Trinajstić information content (AvgIpc) is 3.52. The molecule has 0 saturated carbocycles. The first-order chi connectivity index (χ1) is 25.6. The molecule has 2 aromatic heterocycles. The lowest BCUT2D eigenvalue weighted by Gasteiger charge is -2.30. The second-order valence-corrected chi connectivity index (χ2v) is 14.5. The van der Waals surface area contributed by atoms with Crippen molar-refractivity contribution in [3.05, 3.63) is 85.6 Å². The summed E-state index contributed by atoms with van der Waals surface area (Å²) in [4.78, 5) is 61.4. The zero-order valence-electron chi connectivity index (χ0n) is 30.3. The number of unbranched alkanes of at least 4 members (excludes halogenated alkanes) is 2. The third-order valence-electron chi connectivity index (χ3n) is 11.3. The normalized spacial score (nSPS) is 19.6. The zero-order chi connectivity index (χ0) is 37.4. The van der Waals surface area contributed by atoms with Crippen molar-refractivity contribution in [1.82, 2.24) is 20.2 Å². The lowest BCUT2D eigenvalue weighted by molar-refractivity contribution is -0.148. The van der Waals surface area contributed by atoms with E-state index in [1.54, 1.807) is 23.6 Å². The number of nitrogens with zero attached hydrogens (tertiary/aromatic N) is 3. The summed E-state index contributed by atoms with van der Waals surface area (Å²) in [6.45, 7) is 8.58. The standard InChI is InChI=1S/C41H45FN6O5/c1-4-25-28-16-34-39-29(19-48(34)40(51)30(28)20-53-41(25)52)37-27(14-13-26-22(2)31(42)17-33(47-39)38(26)37)32(43)18-35(49)23-9-11-24(12-10-23)46-36(50)8-6-5-7-15-45-21-44-3/h9,11-12,16-17,23,25,27,43,45H,3-8,10,13-15,18-21H2,1-2H3,(H,46,50)/t23?,25-,27-/m1/s1. The molecule has 7 rings (SSSR count). The number of allylic oxidation sites excluding steroid dienone is 3. The molecular weight excluding hydrogens is 675 g/mol. The summed E-state index contributed by atoms with van der Waals surface area (Å²) in [5.41, 5.74) is 6.42. The van der Waals surface area contributed by atoms with E-state index in [0.717, 1.165) is 47.9 Å². The number of carbonyl (C=O) groups excluding carboxylic acids is 3. The number of hydrogen-bond acceptors (Lipinski definition) is 9. The van der Waals surface area contributed by atoms with E-state index >= 15 is 4.39 Å². The Morgan fingerprint density at radius 3 is 2.75 bits per heavy atom. The number of rotatable bonds is 14. The molecule has 1 aromatic carbocycles. The quantitative estimate of drug-likeness (QED) is 0.0843. The van der Waals surface area contributed by atoms with Crippen LogP contribution in [-0.4, -0.2) is 52.9 Å². The maximum absolute atomic E-state index is 15.3. The van der Waals surface area contributed by atoms with Crippen LogP contribution in [0.25, 0.3) is 22.3 Å². The van der Waals surface area contributed by atoms with Crippen LogP contribution in [-0.2, 0) is 38.7 Å². The molecule has 53 heavy (non-hydrogen) atoms. The van der Waals surface area contributed by atoms with Crippen LogP contribution in [0, 0.1) is 24.1 Å². The highest BCUT2D eigenvalue weighted by molar-refractivity contribution is 6.08. The van der Waals surface area contributed by atoms with Gasteiger partial charge in [0.05, 0.1) is 41.6 Å². The van der Waals surface area contributed by atoms with Crippen molar-refractivity contribution in [3.8, 4) is 11.4 Å². The minimum absolute atomic E-state index is 0.0557. The molecule has 0 radical (unpaired) electrons. The van der Waals surface area contributed by atoms with Crippen molar-refractivity contribution in [1.29, 1.82) is 5.41 Å². The van der Waals surface area contributed by atoms with E-state index in [1.807, 2.05) is 19.1 Å². The van der Waals surface area contributed by atoms with E-state index in [9.17, 15) is 24.6 Å². The number of benzene rings is 1. The molecule has 12 heteroatoms. The highest BCUT2D eigenvalue weighted by Crippen LogP contribution is 2.47. The van der Waals surface area contributed by atoms with Crippen LogP contribution >= 0.6 is 0 Å². The molecule has 1 amide bonds. The fourth-order valence-electron chi connectivity index (χ4n) is 8.41. The number of hydrogen-bond donors (Lipinski definition) is 3. The lowest BCUT2D eigenvalue weighted by Crippen LogP contribution is -2.32. The SMILES string of the molecule is C=NCNCCCCCC(=O)NC1=CCC(C(=O)CC(=N)[C@H]2CCc3c(C)c(F)cc4nc5c(c2c34)Cn2c-5cc3c(c2=O)COC(=O)[C@@H]3CC)C=C1. The van der Waals surface area contributed by atoms with Gasteiger partial charge >= 0.3 is 5.97 Å². The van der Waals surface area contributed by atoms with E-state index in [1.165, 1.54) is 6.07 Å². The first-order valence-corrected chi connectivity index (χ1v) is 18.6. The number of pyridine rings is 2. The van der Waals surface area contributed by atoms with Crippen molar-refractivity contribution in [2.45, 2.75) is 96.6 Å². The Labute approximate surface area is 307 Å². The van der Waals surface area contributed by atoms with Gasteiger partial charge in [-0.1, -0.05) is 25.5 Å². The van der Waals surface area contributed by atoms with Gasteiger partial charge in [0.25, 0.3) is 5.56 Å². The van der Waals surface area contributed by atoms with Crippen LogP contribution < -0.4 is 16.2 Å². The van der Waals surface area contributed by atoms with Gasteiger partial charge in [-0.2, -0.15) is 0 Å². The smallest absolute Gasteiger partial charge is 0.313 e. The number of esters is 1. The second kappa shape index (κ2) is 15.1. The third-order valence-corrected chi connectivity index (χ3v) is 11.3. The van der Waals surface area contributed by atoms with Gasteiger partial charge in [0, 0.05) is 53.1 Å². The van der Waals surface area contributed by atoms with Gasteiger partial charge in [-0.25, -0.2) is 9.37 Å². The van der Waals surface area contributed by atoms with Gasteiger partial charge in [0.15, 0.2) is 0 Å². The maximum Gasteiger partial charge on any atom is 0.313 e. The van der Waals surface area contributed by atoms with Gasteiger partial charge in [-0.3, -0.25) is 29.5 Å². The molecular formula is C41H45FN6O5. The number of aryl methyl sites for hydroxylation is 1. The average molecular weight is 721 g/mol. The third kappa shape index (κ3) is 6.80. The first-order valence-electron chi connectivity index (χ1n) is 18.6. The Balaban J connectivity index is 1.10. The molecule has 0 saturated heterocycles. The Bertz CT molecular complexity index is 2190. The fourth-order valence-corrected chi connectivity index (χ4v) is 8.41. The van der Waals surface area contributed by atoms with Crippen molar-refractivity contribution < 1.29 is 23.5 Å². The molecule has 11 nitrogen and oxygen atoms in total. The van der Waals surface area contributed by atoms with Gasteiger partial charge in [-0.05, 0) is 93.1 Å². The summed E-state index contributed by atoms with van der Waals surface area (Å²) < 4.78 is 22.3. The van der Waals surface area contributed by atoms with Gasteiger partial charge in [0.1, 0.15) is 18.2 Å². The minimum atomic E-state index is -0.557. The fraction of sp³-hybridized carbons (Fsp3) is 0.439. The van der Waals surface area contributed by atoms with Crippen LogP contribution in [0.4, 0.5) is 4.39 Å². The number of carbonyl (C=O) groups is 3. The minimum Gasteiger partial charge on any atom is -0.460 e. The predicted molar refractivity (Wildman–Crippen MR) is 201 cm³/mol. The number of nitrogens with one attached hydrogen (secondary N) is 3. The van der Waals surface area contributed by atoms with Crippen LogP contribution in [0.2, 0.25) is 0 Å². The molecule has 0 fully saturated rings. The van der Waals surface area contributed by atoms with Crippen LogP contribution in [0.3, 0.4) is 0 Å². The molecule has 0 bridgehead atoms. The van der Waals surface area contributed by atoms with E-state index < -0.39 is 17.8 Å². The van der Waals surface area contributed by atoms with E-state index in [-0.39, 0.29) is 54.3 Å². The van der Waals surface area contributed by atoms with Crippen molar-refractivity contribution in [3.63, 3.8) is 0 Å². The number of ketones is 1. The van der Waals surface area contributed by atoms with Crippen molar-refractivity contribution in [2.24, 2.45) is 10.9 Å². The zero-order valence-corrected chi connectivity index (χ0v) is 30.3. The van der Waals surface area contributed by atoms with Gasteiger partial charge < -0.3 is 20.0 Å². The predicted octanol–water partition coefficient (Wildman–Crippen LogP) is 5.82. The van der Waals surface area contributed by atoms with Crippen LogP contribution in [0.15, 0.2) is 45.8 Å². The monoisotopic (exact) mass is 720 g/mol. The molecule has 2 aliphatic carbocycles. The molecule has 276 valence electrons. The Morgan fingerprint density at radius 2 is 2.00 bits per heavy atom. The molecule has 4 aliphatic rings. The van der Waals surface area contributed by atoms with Crippen LogP contribution in [0.1, 0.15) is 104 Å². The summed E-state index contributed by atoms with van der Waals surface area (Å²) in [5.74, 6) is -2.26. The summed E-state index contributed by atoms with van der Waals surface area (Å²) in [6.07, 6.45) is 10.4. The topological polar surface area (TPSA) is 156 Å². The Kier molecular flexibility index (Phi) is 10.3. The highest BCUT2D eigenvalue weighted by Gasteiger charge is 2.38. The van der Waals surface area contributed by atoms with E-state index in [4.69, 9.17) is 9.72 Å². The van der Waals surface area contributed by atoms with Gasteiger partial charge in [-0.15, -0.1) is 0 Å². The number of cyclic esters (lactones) is 1. The molecule has 3 N–H and O–H groups in total.